The number of amides is 2. The Morgan fingerprint density at radius 1 is 0.595 bits per heavy atom. The molecule has 0 heterocycles. The highest BCUT2D eigenvalue weighted by Gasteiger charge is 2.20. The summed E-state index contributed by atoms with van der Waals surface area (Å²) in [6.45, 7) is 0.446. The second-order valence-electron chi connectivity index (χ2n) is 11.3. The van der Waals surface area contributed by atoms with Crippen LogP contribution in [0.1, 0.15) is 148 Å². The lowest BCUT2D eigenvalue weighted by molar-refractivity contribution is -0.142. The second-order valence-corrected chi connectivity index (χ2v) is 11.5. The SMILES string of the molecule is O=C[C@H](CCCCNC(=O)CC[C@H](NC(=O)CCCCCCCCCCCCCCCCCCC(=O)O)C(=O)O)NS. The molecule has 11 heteroatoms. The predicted octanol–water partition coefficient (Wildman–Crippen LogP) is 5.73. The predicted molar refractivity (Wildman–Crippen MR) is 168 cm³/mol. The molecule has 0 rings (SSSR count). The molecule has 2 amide bonds. The third kappa shape index (κ3) is 26.7. The number of hydrogen-bond donors (Lipinski definition) is 6. The standard InChI is InChI=1S/C31H57N3O7S/c35-25-26(34-42)19-17-18-24-32-28(36)23-22-27(31(40)41)33-29(37)20-15-13-11-9-7-5-3-1-2-4-6-8-10-12-14-16-21-30(38)39/h25-27,34,42H,1-24H2,(H,32,36)(H,33,37)(H,38,39)(H,40,41)/t26-,27-/m0/s1. The Balaban J connectivity index is 3.65. The minimum absolute atomic E-state index is 0.0178. The van der Waals surface area contributed by atoms with E-state index in [1.165, 1.54) is 57.8 Å². The number of carbonyl (C=O) groups is 5. The number of aldehydes is 1. The fourth-order valence-electron chi connectivity index (χ4n) is 4.80. The summed E-state index contributed by atoms with van der Waals surface area (Å²) >= 11 is 3.87. The average molecular weight is 616 g/mol. The van der Waals surface area contributed by atoms with Crippen LogP contribution in [0.5, 0.6) is 0 Å². The molecule has 0 aromatic heterocycles. The first kappa shape index (κ1) is 39.9. The van der Waals surface area contributed by atoms with Gasteiger partial charge in [-0.2, -0.15) is 0 Å². The van der Waals surface area contributed by atoms with Crippen LogP contribution in [-0.4, -0.2) is 58.9 Å². The van der Waals surface area contributed by atoms with Gasteiger partial charge >= 0.3 is 11.9 Å². The highest BCUT2D eigenvalue weighted by molar-refractivity contribution is 7.78. The van der Waals surface area contributed by atoms with Gasteiger partial charge in [0.2, 0.25) is 11.8 Å². The van der Waals surface area contributed by atoms with Gasteiger partial charge in [0.15, 0.2) is 0 Å². The van der Waals surface area contributed by atoms with Crippen LogP contribution < -0.4 is 15.4 Å². The zero-order valence-electron chi connectivity index (χ0n) is 25.6. The van der Waals surface area contributed by atoms with Crippen molar-refractivity contribution in [3.8, 4) is 0 Å². The molecule has 0 aromatic rings. The van der Waals surface area contributed by atoms with Crippen LogP contribution >= 0.6 is 12.8 Å². The lowest BCUT2D eigenvalue weighted by atomic mass is 10.0. The molecule has 0 radical (unpaired) electrons. The van der Waals surface area contributed by atoms with Gasteiger partial charge < -0.3 is 25.6 Å². The maximum absolute atomic E-state index is 12.2. The normalized spacial score (nSPS) is 12.4. The highest BCUT2D eigenvalue weighted by atomic mass is 32.1. The van der Waals surface area contributed by atoms with Gasteiger partial charge in [-0.05, 0) is 38.5 Å². The minimum atomic E-state index is -1.14. The van der Waals surface area contributed by atoms with Crippen LogP contribution in [0.3, 0.4) is 0 Å². The van der Waals surface area contributed by atoms with Crippen molar-refractivity contribution in [1.82, 2.24) is 15.4 Å². The molecule has 0 bridgehead atoms. The molecule has 5 N–H and O–H groups in total. The van der Waals surface area contributed by atoms with E-state index in [0.29, 0.717) is 32.2 Å². The number of carboxylic acids is 2. The van der Waals surface area contributed by atoms with Crippen LogP contribution in [-0.2, 0) is 24.0 Å². The highest BCUT2D eigenvalue weighted by Crippen LogP contribution is 2.14. The monoisotopic (exact) mass is 615 g/mol. The van der Waals surface area contributed by atoms with Crippen LogP contribution in [0.4, 0.5) is 0 Å². The Morgan fingerprint density at radius 2 is 1.07 bits per heavy atom. The summed E-state index contributed by atoms with van der Waals surface area (Å²) in [5, 5.41) is 23.3. The first-order valence-electron chi connectivity index (χ1n) is 16.2. The van der Waals surface area contributed by atoms with E-state index >= 15 is 0 Å². The topological polar surface area (TPSA) is 162 Å². The molecule has 2 atom stereocenters. The summed E-state index contributed by atoms with van der Waals surface area (Å²) in [4.78, 5) is 56.9. The smallest absolute Gasteiger partial charge is 0.326 e. The number of nitrogens with one attached hydrogen (secondary N) is 3. The zero-order valence-corrected chi connectivity index (χ0v) is 26.5. The molecule has 0 aromatic carbocycles. The Labute approximate surface area is 258 Å². The van der Waals surface area contributed by atoms with E-state index in [4.69, 9.17) is 5.11 Å². The molecular formula is C31H57N3O7S. The number of thiol groups is 1. The quantitative estimate of drug-likeness (QED) is 0.0327. The molecule has 0 aliphatic rings. The lowest BCUT2D eigenvalue weighted by Gasteiger charge is -2.14. The van der Waals surface area contributed by atoms with Crippen molar-refractivity contribution in [2.75, 3.05) is 6.54 Å². The third-order valence-corrected chi connectivity index (χ3v) is 7.76. The molecule has 10 nitrogen and oxygen atoms in total. The summed E-state index contributed by atoms with van der Waals surface area (Å²) < 4.78 is 2.59. The van der Waals surface area contributed by atoms with E-state index in [1.54, 1.807) is 0 Å². The summed E-state index contributed by atoms with van der Waals surface area (Å²) in [5.41, 5.74) is 0. The molecule has 244 valence electrons. The van der Waals surface area contributed by atoms with Crippen LogP contribution in [0.2, 0.25) is 0 Å². The zero-order chi connectivity index (χ0) is 31.3. The van der Waals surface area contributed by atoms with Crippen molar-refractivity contribution in [3.05, 3.63) is 0 Å². The van der Waals surface area contributed by atoms with Gasteiger partial charge in [0.1, 0.15) is 12.3 Å². The second kappa shape index (κ2) is 29.0. The van der Waals surface area contributed by atoms with Gasteiger partial charge in [0.25, 0.3) is 0 Å². The van der Waals surface area contributed by atoms with Crippen molar-refractivity contribution in [1.29, 1.82) is 0 Å². The summed E-state index contributed by atoms with van der Waals surface area (Å²) in [6.07, 6.45) is 21.7. The van der Waals surface area contributed by atoms with Crippen molar-refractivity contribution in [2.45, 2.75) is 160 Å². The van der Waals surface area contributed by atoms with Gasteiger partial charge in [-0.25, -0.2) is 4.79 Å². The van der Waals surface area contributed by atoms with Crippen LogP contribution in [0, 0.1) is 0 Å². The molecule has 0 saturated heterocycles. The largest absolute Gasteiger partial charge is 0.481 e. The molecule has 0 fully saturated rings. The van der Waals surface area contributed by atoms with Crippen molar-refractivity contribution in [3.63, 3.8) is 0 Å². The molecule has 0 aliphatic heterocycles. The van der Waals surface area contributed by atoms with Crippen LogP contribution in [0.15, 0.2) is 0 Å². The number of carboxylic acid groups (broad SMARTS) is 2. The maximum atomic E-state index is 12.2. The Kier molecular flexibility index (Phi) is 27.5. The summed E-state index contributed by atoms with van der Waals surface area (Å²) in [7, 11) is 0. The molecule has 0 saturated carbocycles. The van der Waals surface area contributed by atoms with E-state index in [0.717, 1.165) is 57.7 Å². The summed E-state index contributed by atoms with van der Waals surface area (Å²) in [6, 6.07) is -1.39. The van der Waals surface area contributed by atoms with E-state index in [-0.39, 0.29) is 30.7 Å². The van der Waals surface area contributed by atoms with Gasteiger partial charge in [-0.1, -0.05) is 103 Å². The number of carbonyl (C=O) groups excluding carboxylic acids is 3. The lowest BCUT2D eigenvalue weighted by Crippen LogP contribution is -2.41. The van der Waals surface area contributed by atoms with Crippen molar-refractivity contribution >= 4 is 42.9 Å². The van der Waals surface area contributed by atoms with Crippen molar-refractivity contribution in [2.24, 2.45) is 0 Å². The molecule has 0 aliphatic carbocycles. The van der Waals surface area contributed by atoms with Gasteiger partial charge in [0, 0.05) is 25.8 Å². The number of rotatable bonds is 31. The fraction of sp³-hybridized carbons (Fsp3) is 0.839. The number of aliphatic carboxylic acids is 2. The molecule has 0 spiro atoms. The Bertz CT molecular complexity index is 739. The minimum Gasteiger partial charge on any atom is -0.481 e. The molecule has 0 unspecified atom stereocenters. The molecule has 42 heavy (non-hydrogen) atoms. The van der Waals surface area contributed by atoms with Crippen molar-refractivity contribution < 1.29 is 34.2 Å². The first-order valence-corrected chi connectivity index (χ1v) is 16.6. The van der Waals surface area contributed by atoms with E-state index in [1.807, 2.05) is 0 Å². The van der Waals surface area contributed by atoms with E-state index in [9.17, 15) is 29.1 Å². The number of unbranched alkanes of at least 4 members (excludes halogenated alkanes) is 16. The Morgan fingerprint density at radius 3 is 1.50 bits per heavy atom. The molecular weight excluding hydrogens is 558 g/mol. The van der Waals surface area contributed by atoms with Gasteiger partial charge in [-0.15, -0.1) is 0 Å². The average Bonchev–Trinajstić information content (AvgIpc) is 2.96. The Hall–Kier alpha value is -2.14. The van der Waals surface area contributed by atoms with Gasteiger partial charge in [0.05, 0.1) is 6.04 Å². The van der Waals surface area contributed by atoms with E-state index < -0.39 is 18.0 Å². The maximum Gasteiger partial charge on any atom is 0.326 e. The first-order chi connectivity index (χ1) is 20.3. The number of hydrogen-bond acceptors (Lipinski definition) is 7. The van der Waals surface area contributed by atoms with E-state index in [2.05, 4.69) is 28.2 Å². The van der Waals surface area contributed by atoms with Crippen LogP contribution in [0.25, 0.3) is 0 Å². The summed E-state index contributed by atoms with van der Waals surface area (Å²) in [5.74, 6) is -2.38. The third-order valence-electron chi connectivity index (χ3n) is 7.43. The fourth-order valence-corrected chi connectivity index (χ4v) is 4.99. The van der Waals surface area contributed by atoms with Gasteiger partial charge in [-0.3, -0.25) is 19.1 Å².